The van der Waals surface area contributed by atoms with Crippen molar-refractivity contribution in [2.24, 2.45) is 10.7 Å². The van der Waals surface area contributed by atoms with Crippen LogP contribution in [0.15, 0.2) is 83.2 Å². The molecule has 152 valence electrons. The molecular formula is C23H16N4O4. The molecule has 0 saturated carbocycles. The second-order valence-corrected chi connectivity index (χ2v) is 6.78. The molecule has 3 aromatic carbocycles. The van der Waals surface area contributed by atoms with Crippen LogP contribution < -0.4 is 10.5 Å². The average Bonchev–Trinajstić information content (AvgIpc) is 2.78. The highest BCUT2D eigenvalue weighted by atomic mass is 16.6. The minimum atomic E-state index is -0.750. The van der Waals surface area contributed by atoms with Crippen LogP contribution in [0.3, 0.4) is 0 Å². The first-order valence-corrected chi connectivity index (χ1v) is 9.26. The number of benzene rings is 3. The van der Waals surface area contributed by atoms with E-state index in [9.17, 15) is 20.5 Å². The molecule has 3 N–H and O–H groups in total. The molecule has 0 amide bonds. The van der Waals surface area contributed by atoms with Crippen molar-refractivity contribution in [3.8, 4) is 17.6 Å². The SMILES string of the molecule is N#CC1=C(N)Oc2c(C=Nc3ccccc3)ccc(O)c2C1c1ccc([N+](=O)[O-])cc1. The van der Waals surface area contributed by atoms with Gasteiger partial charge >= 0.3 is 0 Å². The third-order valence-corrected chi connectivity index (χ3v) is 4.92. The molecule has 8 nitrogen and oxygen atoms in total. The van der Waals surface area contributed by atoms with Crippen LogP contribution >= 0.6 is 0 Å². The van der Waals surface area contributed by atoms with E-state index in [0.717, 1.165) is 5.69 Å². The molecule has 1 unspecified atom stereocenters. The van der Waals surface area contributed by atoms with Crippen molar-refractivity contribution in [2.45, 2.75) is 5.92 Å². The maximum Gasteiger partial charge on any atom is 0.269 e. The van der Waals surface area contributed by atoms with Crippen LogP contribution in [0.4, 0.5) is 11.4 Å². The molecule has 1 atom stereocenters. The molecular weight excluding hydrogens is 396 g/mol. The summed E-state index contributed by atoms with van der Waals surface area (Å²) in [5, 5.41) is 31.3. The first-order valence-electron chi connectivity index (χ1n) is 9.26. The van der Waals surface area contributed by atoms with Crippen molar-refractivity contribution in [3.05, 3.63) is 105 Å². The lowest BCUT2D eigenvalue weighted by Crippen LogP contribution is -2.22. The van der Waals surface area contributed by atoms with E-state index in [-0.39, 0.29) is 28.6 Å². The summed E-state index contributed by atoms with van der Waals surface area (Å²) in [5.74, 6) is -0.659. The van der Waals surface area contributed by atoms with Crippen LogP contribution in [0.2, 0.25) is 0 Å². The van der Waals surface area contributed by atoms with E-state index in [1.807, 2.05) is 36.4 Å². The maximum atomic E-state index is 11.0. The van der Waals surface area contributed by atoms with Crippen LogP contribution in [0.25, 0.3) is 0 Å². The van der Waals surface area contributed by atoms with Gasteiger partial charge in [0.25, 0.3) is 5.69 Å². The molecule has 0 aliphatic carbocycles. The third kappa shape index (κ3) is 3.68. The van der Waals surface area contributed by atoms with Crippen molar-refractivity contribution in [1.29, 1.82) is 5.26 Å². The van der Waals surface area contributed by atoms with Crippen LogP contribution in [0.5, 0.6) is 11.5 Å². The van der Waals surface area contributed by atoms with E-state index in [0.29, 0.717) is 16.7 Å². The molecule has 0 saturated heterocycles. The molecule has 8 heteroatoms. The van der Waals surface area contributed by atoms with E-state index in [1.54, 1.807) is 12.3 Å². The van der Waals surface area contributed by atoms with Gasteiger partial charge in [-0.3, -0.25) is 15.1 Å². The minimum Gasteiger partial charge on any atom is -0.507 e. The van der Waals surface area contributed by atoms with Gasteiger partial charge in [-0.1, -0.05) is 30.3 Å². The molecule has 0 radical (unpaired) electrons. The van der Waals surface area contributed by atoms with Gasteiger partial charge in [-0.25, -0.2) is 0 Å². The number of aliphatic imine (C=N–C) groups is 1. The van der Waals surface area contributed by atoms with Crippen LogP contribution in [0.1, 0.15) is 22.6 Å². The Morgan fingerprint density at radius 2 is 1.84 bits per heavy atom. The Balaban J connectivity index is 1.85. The number of hydrogen-bond acceptors (Lipinski definition) is 7. The van der Waals surface area contributed by atoms with Crippen LogP contribution in [-0.4, -0.2) is 16.2 Å². The zero-order valence-corrected chi connectivity index (χ0v) is 16.1. The smallest absolute Gasteiger partial charge is 0.269 e. The van der Waals surface area contributed by atoms with Gasteiger partial charge in [-0.2, -0.15) is 5.26 Å². The van der Waals surface area contributed by atoms with Crippen molar-refractivity contribution in [1.82, 2.24) is 0 Å². The molecule has 0 aromatic heterocycles. The summed E-state index contributed by atoms with van der Waals surface area (Å²) >= 11 is 0. The van der Waals surface area contributed by atoms with Gasteiger partial charge in [0.15, 0.2) is 0 Å². The molecule has 0 fully saturated rings. The van der Waals surface area contributed by atoms with Gasteiger partial charge < -0.3 is 15.6 Å². The van der Waals surface area contributed by atoms with Gasteiger partial charge in [0.1, 0.15) is 23.1 Å². The van der Waals surface area contributed by atoms with E-state index in [1.165, 1.54) is 30.3 Å². The minimum absolute atomic E-state index is 0.0838. The fourth-order valence-electron chi connectivity index (χ4n) is 3.45. The summed E-state index contributed by atoms with van der Waals surface area (Å²) in [6, 6.07) is 20.2. The van der Waals surface area contributed by atoms with Crippen LogP contribution in [0, 0.1) is 21.4 Å². The largest absolute Gasteiger partial charge is 0.507 e. The molecule has 0 spiro atoms. The Kier molecular flexibility index (Phi) is 5.08. The number of non-ortho nitro benzene ring substituents is 1. The molecule has 4 rings (SSSR count). The lowest BCUT2D eigenvalue weighted by molar-refractivity contribution is -0.384. The Morgan fingerprint density at radius 3 is 2.48 bits per heavy atom. The van der Waals surface area contributed by atoms with Gasteiger partial charge in [-0.15, -0.1) is 0 Å². The Morgan fingerprint density at radius 1 is 1.13 bits per heavy atom. The Bertz CT molecular complexity index is 1260. The number of nitro groups is 1. The Labute approximate surface area is 177 Å². The van der Waals surface area contributed by atoms with E-state index < -0.39 is 10.8 Å². The summed E-state index contributed by atoms with van der Waals surface area (Å²) in [5.41, 5.74) is 8.25. The number of nitro benzene ring substituents is 1. The van der Waals surface area contributed by atoms with Gasteiger partial charge in [0, 0.05) is 23.9 Å². The average molecular weight is 412 g/mol. The first kappa shape index (κ1) is 19.7. The first-order chi connectivity index (χ1) is 15.0. The lowest BCUT2D eigenvalue weighted by atomic mass is 9.82. The number of ether oxygens (including phenoxy) is 1. The Hall–Kier alpha value is -4.64. The quantitative estimate of drug-likeness (QED) is 0.373. The summed E-state index contributed by atoms with van der Waals surface area (Å²) in [6.45, 7) is 0. The maximum absolute atomic E-state index is 11.0. The number of allylic oxidation sites excluding steroid dienone is 1. The topological polar surface area (TPSA) is 135 Å². The predicted octanol–water partition coefficient (Wildman–Crippen LogP) is 4.27. The number of para-hydroxylation sites is 1. The van der Waals surface area contributed by atoms with Crippen molar-refractivity contribution in [2.75, 3.05) is 0 Å². The second-order valence-electron chi connectivity index (χ2n) is 6.78. The van der Waals surface area contributed by atoms with E-state index >= 15 is 0 Å². The molecule has 31 heavy (non-hydrogen) atoms. The van der Waals surface area contributed by atoms with Crippen molar-refractivity contribution < 1.29 is 14.8 Å². The summed E-state index contributed by atoms with van der Waals surface area (Å²) in [4.78, 5) is 14.9. The fourth-order valence-corrected chi connectivity index (χ4v) is 3.45. The van der Waals surface area contributed by atoms with Crippen molar-refractivity contribution >= 4 is 17.6 Å². The van der Waals surface area contributed by atoms with Gasteiger partial charge in [0.2, 0.25) is 5.88 Å². The third-order valence-electron chi connectivity index (χ3n) is 4.92. The number of nitriles is 1. The van der Waals surface area contributed by atoms with E-state index in [2.05, 4.69) is 4.99 Å². The highest BCUT2D eigenvalue weighted by Crippen LogP contribution is 2.47. The van der Waals surface area contributed by atoms with Crippen molar-refractivity contribution in [3.63, 3.8) is 0 Å². The number of rotatable bonds is 4. The molecule has 1 aliphatic heterocycles. The zero-order valence-electron chi connectivity index (χ0n) is 16.1. The normalized spacial score (nSPS) is 15.3. The number of nitrogens with two attached hydrogens (primary N) is 1. The molecule has 1 aliphatic rings. The number of aromatic hydroxyl groups is 1. The monoisotopic (exact) mass is 412 g/mol. The fraction of sp³-hybridized carbons (Fsp3) is 0.0435. The number of fused-ring (bicyclic) bond motifs is 1. The summed E-state index contributed by atoms with van der Waals surface area (Å²) in [7, 11) is 0. The summed E-state index contributed by atoms with van der Waals surface area (Å²) < 4.78 is 5.72. The van der Waals surface area contributed by atoms with Gasteiger partial charge in [-0.05, 0) is 29.8 Å². The predicted molar refractivity (Wildman–Crippen MR) is 114 cm³/mol. The lowest BCUT2D eigenvalue weighted by Gasteiger charge is -2.28. The molecule has 3 aromatic rings. The van der Waals surface area contributed by atoms with Crippen LogP contribution in [-0.2, 0) is 0 Å². The second kappa shape index (κ2) is 8.00. The number of hydrogen-bond donors (Lipinski definition) is 2. The zero-order chi connectivity index (χ0) is 22.0. The number of nitrogens with zero attached hydrogens (tertiary/aromatic N) is 3. The summed E-state index contributed by atoms with van der Waals surface area (Å²) in [6.07, 6.45) is 1.59. The van der Waals surface area contributed by atoms with E-state index in [4.69, 9.17) is 10.5 Å². The molecule has 1 heterocycles. The standard InChI is InChI=1S/C23H16N4O4/c24-12-18-20(14-6-9-17(10-7-14)27(29)30)21-19(28)11-8-15(22(21)31-23(18)25)13-26-16-4-2-1-3-5-16/h1-11,13,20,28H,25H2. The highest BCUT2D eigenvalue weighted by molar-refractivity contribution is 5.88. The molecule has 0 bridgehead atoms. The van der Waals surface area contributed by atoms with Gasteiger partial charge in [0.05, 0.1) is 22.1 Å². The number of phenols is 1. The number of phenolic OH excluding ortho intramolecular Hbond substituents is 1. The highest BCUT2D eigenvalue weighted by Gasteiger charge is 2.34.